The van der Waals surface area contributed by atoms with Gasteiger partial charge in [-0.15, -0.1) is 11.6 Å². The number of rotatable bonds is 3. The van der Waals surface area contributed by atoms with Gasteiger partial charge in [0, 0.05) is 10.6 Å². The Hall–Kier alpha value is -1.05. The maximum atomic E-state index is 13.6. The van der Waals surface area contributed by atoms with Crippen molar-refractivity contribution in [3.8, 4) is 0 Å². The normalized spacial score (nSPS) is 12.4. The van der Waals surface area contributed by atoms with Crippen LogP contribution in [0, 0.1) is 5.82 Å². The van der Waals surface area contributed by atoms with E-state index < -0.39 is 0 Å². The molecule has 0 saturated carbocycles. The maximum Gasteiger partial charge on any atom is 0.127 e. The molecule has 0 aliphatic rings. The number of benzene rings is 2. The van der Waals surface area contributed by atoms with E-state index in [-0.39, 0.29) is 11.2 Å². The fourth-order valence-corrected chi connectivity index (χ4v) is 2.23. The quantitative estimate of drug-likeness (QED) is 0.688. The lowest BCUT2D eigenvalue weighted by molar-refractivity contribution is 0.607. The molecule has 0 bridgehead atoms. The van der Waals surface area contributed by atoms with Crippen LogP contribution < -0.4 is 0 Å². The maximum absolute atomic E-state index is 13.6. The molecule has 0 fully saturated rings. The fourth-order valence-electron chi connectivity index (χ4n) is 1.69. The van der Waals surface area contributed by atoms with Gasteiger partial charge in [0.25, 0.3) is 0 Å². The SMILES string of the molecule is Fc1cccc(Cl)c1CC(Cl)c1ccccc1. The first-order chi connectivity index (χ1) is 8.18. The van der Waals surface area contributed by atoms with Crippen LogP contribution in [0.4, 0.5) is 4.39 Å². The molecule has 1 atom stereocenters. The fraction of sp³-hybridized carbons (Fsp3) is 0.143. The van der Waals surface area contributed by atoms with Crippen LogP contribution in [0.25, 0.3) is 0 Å². The molecule has 3 heteroatoms. The summed E-state index contributed by atoms with van der Waals surface area (Å²) in [6.07, 6.45) is 0.386. The van der Waals surface area contributed by atoms with E-state index in [2.05, 4.69) is 0 Å². The van der Waals surface area contributed by atoms with Gasteiger partial charge in [-0.25, -0.2) is 4.39 Å². The van der Waals surface area contributed by atoms with E-state index in [0.717, 1.165) is 5.56 Å². The molecular weight excluding hydrogens is 258 g/mol. The molecule has 0 radical (unpaired) electrons. The van der Waals surface area contributed by atoms with Crippen molar-refractivity contribution in [1.29, 1.82) is 0 Å². The van der Waals surface area contributed by atoms with Crippen molar-refractivity contribution in [1.82, 2.24) is 0 Å². The van der Waals surface area contributed by atoms with Gasteiger partial charge in [-0.05, 0) is 24.1 Å². The molecule has 0 aromatic heterocycles. The van der Waals surface area contributed by atoms with Crippen molar-refractivity contribution in [2.45, 2.75) is 11.8 Å². The second kappa shape index (κ2) is 5.52. The van der Waals surface area contributed by atoms with Gasteiger partial charge in [0.2, 0.25) is 0 Å². The van der Waals surface area contributed by atoms with Crippen LogP contribution in [-0.4, -0.2) is 0 Å². The monoisotopic (exact) mass is 268 g/mol. The van der Waals surface area contributed by atoms with Gasteiger partial charge in [-0.1, -0.05) is 48.0 Å². The standard InChI is InChI=1S/C14H11Cl2F/c15-12-7-4-8-14(17)11(12)9-13(16)10-5-2-1-3-6-10/h1-8,13H,9H2. The second-order valence-corrected chi connectivity index (χ2v) is 4.72. The summed E-state index contributed by atoms with van der Waals surface area (Å²) in [6.45, 7) is 0. The lowest BCUT2D eigenvalue weighted by atomic mass is 10.0. The molecule has 0 saturated heterocycles. The van der Waals surface area contributed by atoms with Crippen LogP contribution in [0.1, 0.15) is 16.5 Å². The molecule has 0 spiro atoms. The molecule has 17 heavy (non-hydrogen) atoms. The first kappa shape index (κ1) is 12.4. The van der Waals surface area contributed by atoms with Crippen LogP contribution in [0.15, 0.2) is 48.5 Å². The molecule has 0 N–H and O–H groups in total. The summed E-state index contributed by atoms with van der Waals surface area (Å²) in [5.41, 5.74) is 1.44. The molecule has 2 rings (SSSR count). The zero-order valence-electron chi connectivity index (χ0n) is 9.04. The van der Waals surface area contributed by atoms with E-state index in [4.69, 9.17) is 23.2 Å². The third kappa shape index (κ3) is 2.99. The van der Waals surface area contributed by atoms with E-state index in [0.29, 0.717) is 17.0 Å². The summed E-state index contributed by atoms with van der Waals surface area (Å²) in [7, 11) is 0. The Labute approximate surface area is 110 Å². The highest BCUT2D eigenvalue weighted by atomic mass is 35.5. The minimum Gasteiger partial charge on any atom is -0.207 e. The molecule has 0 heterocycles. The molecule has 2 aromatic carbocycles. The first-order valence-corrected chi connectivity index (χ1v) is 6.12. The molecule has 0 amide bonds. The summed E-state index contributed by atoms with van der Waals surface area (Å²) in [5, 5.41) is 0.150. The Balaban J connectivity index is 2.22. The van der Waals surface area contributed by atoms with Crippen LogP contribution in [-0.2, 0) is 6.42 Å². The Bertz CT molecular complexity index is 477. The predicted molar refractivity (Wildman–Crippen MR) is 70.2 cm³/mol. The van der Waals surface area contributed by atoms with Crippen molar-refractivity contribution in [2.24, 2.45) is 0 Å². The van der Waals surface area contributed by atoms with E-state index in [1.807, 2.05) is 30.3 Å². The summed E-state index contributed by atoms with van der Waals surface area (Å²) in [5.74, 6) is -0.306. The average Bonchev–Trinajstić information content (AvgIpc) is 2.35. The van der Waals surface area contributed by atoms with Crippen LogP contribution >= 0.6 is 23.2 Å². The van der Waals surface area contributed by atoms with Crippen LogP contribution in [0.2, 0.25) is 5.02 Å². The topological polar surface area (TPSA) is 0 Å². The van der Waals surface area contributed by atoms with Crippen molar-refractivity contribution < 1.29 is 4.39 Å². The van der Waals surface area contributed by atoms with Crippen molar-refractivity contribution in [3.63, 3.8) is 0 Å². The third-order valence-electron chi connectivity index (χ3n) is 2.61. The Kier molecular flexibility index (Phi) is 4.03. The van der Waals surface area contributed by atoms with Gasteiger partial charge < -0.3 is 0 Å². The molecule has 0 aliphatic carbocycles. The van der Waals surface area contributed by atoms with Gasteiger partial charge in [-0.3, -0.25) is 0 Å². The zero-order chi connectivity index (χ0) is 12.3. The van der Waals surface area contributed by atoms with E-state index in [1.165, 1.54) is 6.07 Å². The Morgan fingerprint density at radius 2 is 1.71 bits per heavy atom. The van der Waals surface area contributed by atoms with Crippen molar-refractivity contribution >= 4 is 23.2 Å². The van der Waals surface area contributed by atoms with Crippen molar-refractivity contribution in [2.75, 3.05) is 0 Å². The van der Waals surface area contributed by atoms with Gasteiger partial charge in [0.15, 0.2) is 0 Å². The minimum atomic E-state index is -0.306. The number of alkyl halides is 1. The third-order valence-corrected chi connectivity index (χ3v) is 3.37. The summed E-state index contributed by atoms with van der Waals surface area (Å²) >= 11 is 12.2. The average molecular weight is 269 g/mol. The van der Waals surface area contributed by atoms with E-state index in [1.54, 1.807) is 12.1 Å². The molecular formula is C14H11Cl2F. The minimum absolute atomic E-state index is 0.273. The summed E-state index contributed by atoms with van der Waals surface area (Å²) < 4.78 is 13.6. The van der Waals surface area contributed by atoms with Gasteiger partial charge in [0.05, 0.1) is 5.38 Å². The highest BCUT2D eigenvalue weighted by molar-refractivity contribution is 6.31. The van der Waals surface area contributed by atoms with Crippen LogP contribution in [0.3, 0.4) is 0 Å². The number of halogens is 3. The highest BCUT2D eigenvalue weighted by Gasteiger charge is 2.14. The molecule has 2 aromatic rings. The van der Waals surface area contributed by atoms with E-state index >= 15 is 0 Å². The van der Waals surface area contributed by atoms with Crippen molar-refractivity contribution in [3.05, 3.63) is 70.5 Å². The van der Waals surface area contributed by atoms with Gasteiger partial charge in [-0.2, -0.15) is 0 Å². The number of hydrogen-bond acceptors (Lipinski definition) is 0. The lowest BCUT2D eigenvalue weighted by Gasteiger charge is -2.11. The largest absolute Gasteiger partial charge is 0.207 e. The molecule has 88 valence electrons. The Morgan fingerprint density at radius 3 is 2.35 bits per heavy atom. The van der Waals surface area contributed by atoms with Crippen LogP contribution in [0.5, 0.6) is 0 Å². The highest BCUT2D eigenvalue weighted by Crippen LogP contribution is 2.29. The van der Waals surface area contributed by atoms with E-state index in [9.17, 15) is 4.39 Å². The van der Waals surface area contributed by atoms with Gasteiger partial charge >= 0.3 is 0 Å². The number of hydrogen-bond donors (Lipinski definition) is 0. The molecule has 0 nitrogen and oxygen atoms in total. The smallest absolute Gasteiger partial charge is 0.127 e. The molecule has 0 aliphatic heterocycles. The molecule has 1 unspecified atom stereocenters. The second-order valence-electron chi connectivity index (χ2n) is 3.78. The summed E-state index contributed by atoms with van der Waals surface area (Å²) in [6, 6.07) is 14.3. The Morgan fingerprint density at radius 1 is 1.00 bits per heavy atom. The summed E-state index contributed by atoms with van der Waals surface area (Å²) in [4.78, 5) is 0. The van der Waals surface area contributed by atoms with Gasteiger partial charge in [0.1, 0.15) is 5.82 Å². The predicted octanol–water partition coefficient (Wildman–Crippen LogP) is 5.00. The lowest BCUT2D eigenvalue weighted by Crippen LogP contribution is -1.99. The first-order valence-electron chi connectivity index (χ1n) is 5.30. The zero-order valence-corrected chi connectivity index (χ0v) is 10.5.